The Kier molecular flexibility index (Phi) is 7.70. The maximum absolute atomic E-state index is 12.3. The van der Waals surface area contributed by atoms with E-state index in [0.717, 1.165) is 5.75 Å². The summed E-state index contributed by atoms with van der Waals surface area (Å²) in [6.07, 6.45) is 0.761. The van der Waals surface area contributed by atoms with Gasteiger partial charge in [-0.15, -0.1) is 11.3 Å². The third kappa shape index (κ3) is 6.23. The standard InChI is InChI=1S/C22H21ClN2O4S/c1-28-16-7-9-17(10-8-16)29-19-11-6-15(23)14-18(19)25-21(26)5-2-12-24-22(27)20-4-3-13-30-20/h3-4,6-11,13-14H,2,5,12H2,1H3,(H,24,27)(H,25,26). The summed E-state index contributed by atoms with van der Waals surface area (Å²) < 4.78 is 11.0. The van der Waals surface area contributed by atoms with Gasteiger partial charge in [-0.05, 0) is 60.3 Å². The quantitative estimate of drug-likeness (QED) is 0.436. The predicted molar refractivity (Wildman–Crippen MR) is 119 cm³/mol. The number of thiophene rings is 1. The number of rotatable bonds is 9. The highest BCUT2D eigenvalue weighted by Crippen LogP contribution is 2.32. The maximum Gasteiger partial charge on any atom is 0.261 e. The molecule has 0 unspecified atom stereocenters. The van der Waals surface area contributed by atoms with Crippen molar-refractivity contribution in [2.45, 2.75) is 12.8 Å². The van der Waals surface area contributed by atoms with Gasteiger partial charge in [0.1, 0.15) is 11.5 Å². The Morgan fingerprint density at radius 1 is 1.07 bits per heavy atom. The van der Waals surface area contributed by atoms with Crippen LogP contribution in [0.4, 0.5) is 5.69 Å². The maximum atomic E-state index is 12.3. The van der Waals surface area contributed by atoms with Gasteiger partial charge in [-0.1, -0.05) is 17.7 Å². The second kappa shape index (κ2) is 10.7. The highest BCUT2D eigenvalue weighted by atomic mass is 35.5. The minimum atomic E-state index is -0.192. The summed E-state index contributed by atoms with van der Waals surface area (Å²) in [6, 6.07) is 15.7. The number of benzene rings is 2. The predicted octanol–water partition coefficient (Wildman–Crippen LogP) is 5.35. The zero-order valence-corrected chi connectivity index (χ0v) is 17.9. The van der Waals surface area contributed by atoms with Crippen LogP contribution in [0.25, 0.3) is 0 Å². The third-order valence-corrected chi connectivity index (χ3v) is 5.22. The number of ether oxygens (including phenoxy) is 2. The summed E-state index contributed by atoms with van der Waals surface area (Å²) in [7, 11) is 1.59. The van der Waals surface area contributed by atoms with Crippen molar-refractivity contribution in [1.82, 2.24) is 5.32 Å². The van der Waals surface area contributed by atoms with Crippen LogP contribution in [0.2, 0.25) is 5.02 Å². The van der Waals surface area contributed by atoms with Crippen LogP contribution in [-0.4, -0.2) is 25.5 Å². The first-order valence-electron chi connectivity index (χ1n) is 9.28. The van der Waals surface area contributed by atoms with Crippen LogP contribution >= 0.6 is 22.9 Å². The van der Waals surface area contributed by atoms with Crippen molar-refractivity contribution >= 4 is 40.4 Å². The lowest BCUT2D eigenvalue weighted by atomic mass is 10.2. The fourth-order valence-corrected chi connectivity index (χ4v) is 3.43. The third-order valence-electron chi connectivity index (χ3n) is 4.11. The summed E-state index contributed by atoms with van der Waals surface area (Å²) in [6.45, 7) is 0.412. The lowest BCUT2D eigenvalue weighted by Crippen LogP contribution is -2.24. The smallest absolute Gasteiger partial charge is 0.261 e. The molecular formula is C22H21ClN2O4S. The lowest BCUT2D eigenvalue weighted by Gasteiger charge is -2.13. The molecule has 0 radical (unpaired) electrons. The number of halogens is 1. The summed E-state index contributed by atoms with van der Waals surface area (Å²) in [4.78, 5) is 24.9. The van der Waals surface area contributed by atoms with Crippen molar-refractivity contribution in [3.8, 4) is 17.2 Å². The first kappa shape index (κ1) is 21.7. The number of hydrogen-bond acceptors (Lipinski definition) is 5. The summed E-state index contributed by atoms with van der Waals surface area (Å²) in [5.74, 6) is 1.48. The van der Waals surface area contributed by atoms with Crippen molar-refractivity contribution < 1.29 is 19.1 Å². The number of amides is 2. The molecule has 8 heteroatoms. The first-order valence-corrected chi connectivity index (χ1v) is 10.5. The number of methoxy groups -OCH3 is 1. The van der Waals surface area contributed by atoms with Gasteiger partial charge >= 0.3 is 0 Å². The van der Waals surface area contributed by atoms with Crippen LogP contribution in [0.15, 0.2) is 60.0 Å². The van der Waals surface area contributed by atoms with Crippen molar-refractivity contribution in [2.75, 3.05) is 19.0 Å². The van der Waals surface area contributed by atoms with Gasteiger partial charge in [0, 0.05) is 18.0 Å². The SMILES string of the molecule is COc1ccc(Oc2ccc(Cl)cc2NC(=O)CCCNC(=O)c2cccs2)cc1. The molecule has 0 saturated carbocycles. The van der Waals surface area contributed by atoms with E-state index in [9.17, 15) is 9.59 Å². The summed E-state index contributed by atoms with van der Waals surface area (Å²) in [5, 5.41) is 7.96. The minimum Gasteiger partial charge on any atom is -0.497 e. The molecule has 2 N–H and O–H groups in total. The molecule has 3 rings (SSSR count). The van der Waals surface area contributed by atoms with Gasteiger partial charge < -0.3 is 20.1 Å². The van der Waals surface area contributed by atoms with Gasteiger partial charge in [-0.3, -0.25) is 9.59 Å². The first-order chi connectivity index (χ1) is 14.5. The Balaban J connectivity index is 1.53. The molecule has 1 heterocycles. The zero-order chi connectivity index (χ0) is 21.3. The second-order valence-corrected chi connectivity index (χ2v) is 7.69. The molecule has 0 spiro atoms. The van der Waals surface area contributed by atoms with Crippen molar-refractivity contribution in [3.63, 3.8) is 0 Å². The molecule has 1 aromatic heterocycles. The van der Waals surface area contributed by atoms with Crippen molar-refractivity contribution in [2.24, 2.45) is 0 Å². The van der Waals surface area contributed by atoms with Gasteiger partial charge in [0.05, 0.1) is 17.7 Å². The van der Waals surface area contributed by atoms with Crippen LogP contribution in [0.1, 0.15) is 22.5 Å². The Bertz CT molecular complexity index is 991. The molecular weight excluding hydrogens is 424 g/mol. The van der Waals surface area contributed by atoms with E-state index in [-0.39, 0.29) is 18.2 Å². The Hall–Kier alpha value is -3.03. The minimum absolute atomic E-state index is 0.129. The van der Waals surface area contributed by atoms with E-state index in [0.29, 0.717) is 40.1 Å². The van der Waals surface area contributed by atoms with Crippen LogP contribution in [0.5, 0.6) is 17.2 Å². The average molecular weight is 445 g/mol. The second-order valence-electron chi connectivity index (χ2n) is 6.30. The van der Waals surface area contributed by atoms with Crippen LogP contribution < -0.4 is 20.1 Å². The zero-order valence-electron chi connectivity index (χ0n) is 16.3. The van der Waals surface area contributed by atoms with E-state index in [1.54, 1.807) is 55.6 Å². The lowest BCUT2D eigenvalue weighted by molar-refractivity contribution is -0.116. The molecule has 6 nitrogen and oxygen atoms in total. The molecule has 0 saturated heterocycles. The normalized spacial score (nSPS) is 10.3. The molecule has 2 aromatic carbocycles. The summed E-state index contributed by atoms with van der Waals surface area (Å²) >= 11 is 7.46. The monoisotopic (exact) mass is 444 g/mol. The van der Waals surface area contributed by atoms with Gasteiger partial charge in [-0.25, -0.2) is 0 Å². The van der Waals surface area contributed by atoms with Crippen LogP contribution in [0.3, 0.4) is 0 Å². The van der Waals surface area contributed by atoms with Crippen LogP contribution in [-0.2, 0) is 4.79 Å². The van der Waals surface area contributed by atoms with E-state index < -0.39 is 0 Å². The topological polar surface area (TPSA) is 76.7 Å². The van der Waals surface area contributed by atoms with E-state index in [4.69, 9.17) is 21.1 Å². The number of nitrogens with one attached hydrogen (secondary N) is 2. The summed E-state index contributed by atoms with van der Waals surface area (Å²) in [5.41, 5.74) is 0.478. The Morgan fingerprint density at radius 2 is 1.83 bits per heavy atom. The molecule has 2 amide bonds. The van der Waals surface area contributed by atoms with Crippen molar-refractivity contribution in [1.29, 1.82) is 0 Å². The molecule has 30 heavy (non-hydrogen) atoms. The number of carbonyl (C=O) groups excluding carboxylic acids is 2. The number of anilines is 1. The fourth-order valence-electron chi connectivity index (χ4n) is 2.62. The highest BCUT2D eigenvalue weighted by Gasteiger charge is 2.11. The molecule has 0 fully saturated rings. The van der Waals surface area contributed by atoms with E-state index in [1.165, 1.54) is 11.3 Å². The average Bonchev–Trinajstić information content (AvgIpc) is 3.28. The molecule has 3 aromatic rings. The van der Waals surface area contributed by atoms with Gasteiger partial charge in [0.15, 0.2) is 5.75 Å². The van der Waals surface area contributed by atoms with E-state index in [2.05, 4.69) is 10.6 Å². The molecule has 0 aliphatic heterocycles. The van der Waals surface area contributed by atoms with E-state index in [1.807, 2.05) is 11.4 Å². The van der Waals surface area contributed by atoms with Gasteiger partial charge in [0.25, 0.3) is 5.91 Å². The number of hydrogen-bond donors (Lipinski definition) is 2. The van der Waals surface area contributed by atoms with Gasteiger partial charge in [0.2, 0.25) is 5.91 Å². The number of carbonyl (C=O) groups is 2. The van der Waals surface area contributed by atoms with Crippen LogP contribution in [0, 0.1) is 0 Å². The Labute approximate surface area is 183 Å². The molecule has 0 atom stereocenters. The fraction of sp³-hybridized carbons (Fsp3) is 0.182. The highest BCUT2D eigenvalue weighted by molar-refractivity contribution is 7.12. The van der Waals surface area contributed by atoms with E-state index >= 15 is 0 Å². The Morgan fingerprint density at radius 3 is 2.53 bits per heavy atom. The molecule has 0 aliphatic carbocycles. The van der Waals surface area contributed by atoms with Gasteiger partial charge in [-0.2, -0.15) is 0 Å². The van der Waals surface area contributed by atoms with Crippen molar-refractivity contribution in [3.05, 3.63) is 69.9 Å². The largest absolute Gasteiger partial charge is 0.497 e. The molecule has 156 valence electrons. The molecule has 0 aliphatic rings. The molecule has 0 bridgehead atoms.